The van der Waals surface area contributed by atoms with Crippen LogP contribution < -0.4 is 0 Å². The zero-order valence-corrected chi connectivity index (χ0v) is 14.0. The van der Waals surface area contributed by atoms with Crippen LogP contribution in [0, 0.1) is 0 Å². The van der Waals surface area contributed by atoms with Gasteiger partial charge >= 0.3 is 5.97 Å². The molecule has 0 bridgehead atoms. The summed E-state index contributed by atoms with van der Waals surface area (Å²) in [4.78, 5) is 10.3. The van der Waals surface area contributed by atoms with E-state index in [9.17, 15) is 15.0 Å². The van der Waals surface area contributed by atoms with Gasteiger partial charge in [-0.05, 0) is 38.2 Å². The van der Waals surface area contributed by atoms with E-state index in [0.717, 1.165) is 51.4 Å². The van der Waals surface area contributed by atoms with Gasteiger partial charge in [-0.15, -0.1) is 0 Å². The average Bonchev–Trinajstić information content (AvgIpc) is 2.52. The molecule has 0 aromatic heterocycles. The Morgan fingerprint density at radius 3 is 2.26 bits per heavy atom. The van der Waals surface area contributed by atoms with Gasteiger partial charge in [0.2, 0.25) is 0 Å². The molecule has 0 saturated carbocycles. The minimum atomic E-state index is -0.826. The van der Waals surface area contributed by atoms with Crippen LogP contribution in [0.2, 0.25) is 0 Å². The number of aliphatic hydroxyl groups is 3. The normalized spacial score (nSPS) is 13.6. The van der Waals surface area contributed by atoms with Crippen molar-refractivity contribution in [1.29, 1.82) is 0 Å². The van der Waals surface area contributed by atoms with Gasteiger partial charge in [0.05, 0.1) is 0 Å². The summed E-state index contributed by atoms with van der Waals surface area (Å²) >= 11 is 0. The van der Waals surface area contributed by atoms with Gasteiger partial charge in [-0.2, -0.15) is 0 Å². The lowest BCUT2D eigenvalue weighted by atomic mass is 10.1. The van der Waals surface area contributed by atoms with Crippen molar-refractivity contribution in [2.24, 2.45) is 0 Å². The van der Waals surface area contributed by atoms with E-state index >= 15 is 0 Å². The third kappa shape index (κ3) is 15.3. The highest BCUT2D eigenvalue weighted by Crippen LogP contribution is 2.12. The lowest BCUT2D eigenvalue weighted by Crippen LogP contribution is -2.09. The van der Waals surface area contributed by atoms with Crippen LogP contribution >= 0.6 is 0 Å². The zero-order chi connectivity index (χ0) is 17.3. The topological polar surface area (TPSA) is 98.0 Å². The van der Waals surface area contributed by atoms with Gasteiger partial charge in [0.25, 0.3) is 0 Å². The van der Waals surface area contributed by atoms with E-state index in [-0.39, 0.29) is 18.8 Å². The standard InChI is InChI=1S/C18H32O5/c19-15-11-7-2-1-4-8-12-16(20)17(21)13-9-5-3-6-10-14-18(22)23/h4,8,12,17,19-21H,1-3,5-7,9-11,13-15H2,(H,22,23). The Morgan fingerprint density at radius 1 is 0.913 bits per heavy atom. The van der Waals surface area contributed by atoms with Crippen molar-refractivity contribution in [3.05, 3.63) is 24.0 Å². The maximum atomic E-state index is 10.3. The van der Waals surface area contributed by atoms with E-state index in [1.165, 1.54) is 6.08 Å². The van der Waals surface area contributed by atoms with Crippen LogP contribution in [-0.2, 0) is 4.79 Å². The molecule has 5 nitrogen and oxygen atoms in total. The van der Waals surface area contributed by atoms with Crippen molar-refractivity contribution in [3.63, 3.8) is 0 Å². The van der Waals surface area contributed by atoms with Gasteiger partial charge in [-0.25, -0.2) is 0 Å². The highest BCUT2D eigenvalue weighted by molar-refractivity contribution is 5.66. The number of unbranched alkanes of at least 4 members (excludes halogenated alkanes) is 7. The van der Waals surface area contributed by atoms with Crippen molar-refractivity contribution in [3.8, 4) is 0 Å². The molecule has 0 amide bonds. The van der Waals surface area contributed by atoms with Gasteiger partial charge < -0.3 is 20.4 Å². The fourth-order valence-electron chi connectivity index (χ4n) is 2.22. The molecule has 23 heavy (non-hydrogen) atoms. The molecule has 0 saturated heterocycles. The van der Waals surface area contributed by atoms with E-state index in [1.54, 1.807) is 6.08 Å². The zero-order valence-electron chi connectivity index (χ0n) is 14.0. The van der Waals surface area contributed by atoms with Crippen LogP contribution in [0.4, 0.5) is 0 Å². The Labute approximate surface area is 139 Å². The Hall–Kier alpha value is -1.33. The molecule has 0 rings (SSSR count). The Bertz CT molecular complexity index is 349. The van der Waals surface area contributed by atoms with Gasteiger partial charge in [0, 0.05) is 13.0 Å². The predicted molar refractivity (Wildman–Crippen MR) is 91.4 cm³/mol. The minimum Gasteiger partial charge on any atom is -0.510 e. The molecule has 0 spiro atoms. The van der Waals surface area contributed by atoms with E-state index in [1.807, 2.05) is 6.08 Å². The van der Waals surface area contributed by atoms with Crippen LogP contribution in [-0.4, -0.2) is 39.1 Å². The lowest BCUT2D eigenvalue weighted by molar-refractivity contribution is -0.137. The molecule has 5 heteroatoms. The Kier molecular flexibility index (Phi) is 14.7. The maximum absolute atomic E-state index is 10.3. The highest BCUT2D eigenvalue weighted by Gasteiger charge is 2.07. The van der Waals surface area contributed by atoms with Crippen molar-refractivity contribution < 1.29 is 25.2 Å². The van der Waals surface area contributed by atoms with Crippen LogP contribution in [0.1, 0.15) is 70.6 Å². The van der Waals surface area contributed by atoms with Crippen LogP contribution in [0.5, 0.6) is 0 Å². The molecule has 0 aliphatic rings. The van der Waals surface area contributed by atoms with Gasteiger partial charge in [0.15, 0.2) is 0 Å². The van der Waals surface area contributed by atoms with E-state index in [2.05, 4.69) is 0 Å². The largest absolute Gasteiger partial charge is 0.510 e. The first-order chi connectivity index (χ1) is 11.1. The minimum absolute atomic E-state index is 0.0116. The molecular formula is C18H32O5. The summed E-state index contributed by atoms with van der Waals surface area (Å²) < 4.78 is 0. The first-order valence-electron chi connectivity index (χ1n) is 8.64. The third-order valence-corrected chi connectivity index (χ3v) is 3.64. The molecule has 0 aliphatic heterocycles. The Morgan fingerprint density at radius 2 is 1.57 bits per heavy atom. The quantitative estimate of drug-likeness (QED) is 0.209. The second-order valence-corrected chi connectivity index (χ2v) is 5.81. The molecule has 0 aromatic carbocycles. The number of hydrogen-bond acceptors (Lipinski definition) is 4. The number of aliphatic hydroxyl groups excluding tert-OH is 3. The number of aliphatic carboxylic acids is 1. The lowest BCUT2D eigenvalue weighted by Gasteiger charge is -2.09. The van der Waals surface area contributed by atoms with Crippen LogP contribution in [0.3, 0.4) is 0 Å². The summed E-state index contributed by atoms with van der Waals surface area (Å²) in [5.74, 6) is -0.764. The number of rotatable bonds is 15. The number of allylic oxidation sites excluding steroid dienone is 3. The summed E-state index contributed by atoms with van der Waals surface area (Å²) in [5, 5.41) is 36.7. The van der Waals surface area contributed by atoms with Crippen molar-refractivity contribution in [1.82, 2.24) is 0 Å². The molecule has 0 aromatic rings. The predicted octanol–water partition coefficient (Wildman–Crippen LogP) is 3.71. The molecule has 4 N–H and O–H groups in total. The fraction of sp³-hybridized carbons (Fsp3) is 0.722. The van der Waals surface area contributed by atoms with Gasteiger partial charge in [0.1, 0.15) is 11.9 Å². The molecule has 1 unspecified atom stereocenters. The summed E-state index contributed by atoms with van der Waals surface area (Å²) in [6.45, 7) is 0.232. The van der Waals surface area contributed by atoms with Crippen LogP contribution in [0.15, 0.2) is 24.0 Å². The van der Waals surface area contributed by atoms with Gasteiger partial charge in [-0.1, -0.05) is 44.3 Å². The summed E-state index contributed by atoms with van der Waals surface area (Å²) in [5.41, 5.74) is 0. The molecule has 0 fully saturated rings. The average molecular weight is 328 g/mol. The van der Waals surface area contributed by atoms with E-state index < -0.39 is 12.1 Å². The summed E-state index contributed by atoms with van der Waals surface area (Å²) in [7, 11) is 0. The maximum Gasteiger partial charge on any atom is 0.303 e. The van der Waals surface area contributed by atoms with E-state index in [0.29, 0.717) is 12.8 Å². The second kappa shape index (κ2) is 15.6. The molecule has 1 atom stereocenters. The Balaban J connectivity index is 3.63. The van der Waals surface area contributed by atoms with Crippen LogP contribution in [0.25, 0.3) is 0 Å². The molecule has 0 radical (unpaired) electrons. The molecule has 0 heterocycles. The highest BCUT2D eigenvalue weighted by atomic mass is 16.4. The monoisotopic (exact) mass is 328 g/mol. The molecule has 0 aliphatic carbocycles. The van der Waals surface area contributed by atoms with Crippen molar-refractivity contribution in [2.75, 3.05) is 6.61 Å². The van der Waals surface area contributed by atoms with Gasteiger partial charge in [-0.3, -0.25) is 4.79 Å². The number of carbonyl (C=O) groups is 1. The molecule has 134 valence electrons. The van der Waals surface area contributed by atoms with Crippen molar-refractivity contribution in [2.45, 2.75) is 76.7 Å². The number of carboxylic acid groups (broad SMARTS) is 1. The van der Waals surface area contributed by atoms with Crippen molar-refractivity contribution >= 4 is 5.97 Å². The third-order valence-electron chi connectivity index (χ3n) is 3.64. The SMILES string of the molecule is O=C(O)CCCCCCCC(O)C(O)=CC=CCCCCCO. The number of carboxylic acids is 1. The fourth-order valence-corrected chi connectivity index (χ4v) is 2.22. The number of hydrogen-bond donors (Lipinski definition) is 4. The summed E-state index contributed by atoms with van der Waals surface area (Å²) in [6, 6.07) is 0. The first kappa shape index (κ1) is 21.7. The second-order valence-electron chi connectivity index (χ2n) is 5.81. The summed E-state index contributed by atoms with van der Waals surface area (Å²) in [6.07, 6.45) is 13.2. The smallest absolute Gasteiger partial charge is 0.303 e. The van der Waals surface area contributed by atoms with E-state index in [4.69, 9.17) is 10.2 Å². The molecular weight excluding hydrogens is 296 g/mol. The first-order valence-corrected chi connectivity index (χ1v) is 8.64.